The average Bonchev–Trinajstić information content (AvgIpc) is 2.35. The van der Waals surface area contributed by atoms with Gasteiger partial charge in [0.25, 0.3) is 0 Å². The molecular weight excluding hydrogens is 196 g/mol. The standard InChI is InChI=1S/C15H14O/c1-3-12(2)16-11-13-8-9-14-6-4-5-7-15(14)10-13/h3-10H,1-2,11H2. The van der Waals surface area contributed by atoms with Gasteiger partial charge in [-0.15, -0.1) is 0 Å². The van der Waals surface area contributed by atoms with Crippen LogP contribution >= 0.6 is 0 Å². The number of rotatable bonds is 4. The van der Waals surface area contributed by atoms with E-state index in [1.807, 2.05) is 12.1 Å². The molecule has 1 heteroatoms. The molecule has 0 fully saturated rings. The van der Waals surface area contributed by atoms with Crippen LogP contribution in [0, 0.1) is 0 Å². The maximum absolute atomic E-state index is 5.41. The van der Waals surface area contributed by atoms with Crippen molar-refractivity contribution >= 4 is 10.8 Å². The summed E-state index contributed by atoms with van der Waals surface area (Å²) in [4.78, 5) is 0. The highest BCUT2D eigenvalue weighted by Gasteiger charge is 1.96. The van der Waals surface area contributed by atoms with Gasteiger partial charge in [0.2, 0.25) is 0 Å². The molecule has 0 heterocycles. The van der Waals surface area contributed by atoms with E-state index in [4.69, 9.17) is 4.74 Å². The Bertz CT molecular complexity index is 526. The number of fused-ring (bicyclic) bond motifs is 1. The van der Waals surface area contributed by atoms with Crippen molar-refractivity contribution in [2.75, 3.05) is 0 Å². The topological polar surface area (TPSA) is 9.23 Å². The summed E-state index contributed by atoms with van der Waals surface area (Å²) in [6.45, 7) is 7.85. The van der Waals surface area contributed by atoms with E-state index in [-0.39, 0.29) is 0 Å². The van der Waals surface area contributed by atoms with Crippen molar-refractivity contribution in [3.8, 4) is 0 Å². The maximum atomic E-state index is 5.41. The molecule has 0 aromatic heterocycles. The second-order valence-corrected chi connectivity index (χ2v) is 3.64. The predicted octanol–water partition coefficient (Wildman–Crippen LogP) is 4.06. The van der Waals surface area contributed by atoms with Gasteiger partial charge in [0.15, 0.2) is 0 Å². The van der Waals surface area contributed by atoms with Crippen LogP contribution in [0.5, 0.6) is 0 Å². The van der Waals surface area contributed by atoms with Crippen LogP contribution in [0.4, 0.5) is 0 Å². The van der Waals surface area contributed by atoms with Gasteiger partial charge in [-0.05, 0) is 28.5 Å². The summed E-state index contributed by atoms with van der Waals surface area (Å²) in [5, 5.41) is 2.47. The lowest BCUT2D eigenvalue weighted by atomic mass is 10.1. The molecule has 0 bridgehead atoms. The molecule has 16 heavy (non-hydrogen) atoms. The first kappa shape index (κ1) is 10.5. The fraction of sp³-hybridized carbons (Fsp3) is 0.0667. The van der Waals surface area contributed by atoms with E-state index < -0.39 is 0 Å². The smallest absolute Gasteiger partial charge is 0.113 e. The highest BCUT2D eigenvalue weighted by Crippen LogP contribution is 2.16. The third-order valence-corrected chi connectivity index (χ3v) is 2.47. The molecule has 0 amide bonds. The Labute approximate surface area is 95.7 Å². The van der Waals surface area contributed by atoms with Crippen LogP contribution < -0.4 is 0 Å². The first-order valence-corrected chi connectivity index (χ1v) is 5.21. The van der Waals surface area contributed by atoms with Crippen molar-refractivity contribution in [1.82, 2.24) is 0 Å². The molecule has 0 spiro atoms. The molecule has 0 aliphatic rings. The van der Waals surface area contributed by atoms with Crippen LogP contribution in [0.25, 0.3) is 10.8 Å². The normalized spacial score (nSPS) is 10.0. The molecule has 2 aromatic carbocycles. The third kappa shape index (κ3) is 2.31. The number of ether oxygens (including phenoxy) is 1. The number of allylic oxidation sites excluding steroid dienone is 1. The predicted molar refractivity (Wildman–Crippen MR) is 68.1 cm³/mol. The SMILES string of the molecule is C=CC(=C)OCc1ccc2ccccc2c1. The second kappa shape index (κ2) is 4.67. The maximum Gasteiger partial charge on any atom is 0.113 e. The summed E-state index contributed by atoms with van der Waals surface area (Å²) in [5.74, 6) is 0.605. The largest absolute Gasteiger partial charge is 0.490 e. The van der Waals surface area contributed by atoms with Crippen molar-refractivity contribution < 1.29 is 4.74 Å². The lowest BCUT2D eigenvalue weighted by Crippen LogP contribution is -1.90. The van der Waals surface area contributed by atoms with E-state index >= 15 is 0 Å². The van der Waals surface area contributed by atoms with Gasteiger partial charge in [0.1, 0.15) is 12.4 Å². The zero-order chi connectivity index (χ0) is 11.4. The summed E-state index contributed by atoms with van der Waals surface area (Å²) in [6, 6.07) is 14.6. The molecule has 0 N–H and O–H groups in total. The Kier molecular flexibility index (Phi) is 3.06. The Morgan fingerprint density at radius 2 is 1.88 bits per heavy atom. The minimum Gasteiger partial charge on any atom is -0.490 e. The van der Waals surface area contributed by atoms with Gasteiger partial charge in [-0.2, -0.15) is 0 Å². The molecule has 0 radical (unpaired) electrons. The molecule has 2 aromatic rings. The van der Waals surface area contributed by atoms with E-state index in [0.717, 1.165) is 5.56 Å². The summed E-state index contributed by atoms with van der Waals surface area (Å²) < 4.78 is 5.41. The molecule has 0 aliphatic carbocycles. The fourth-order valence-electron chi connectivity index (χ4n) is 1.56. The minimum atomic E-state index is 0.537. The van der Waals surface area contributed by atoms with E-state index in [1.54, 1.807) is 6.08 Å². The van der Waals surface area contributed by atoms with Gasteiger partial charge in [0, 0.05) is 0 Å². The third-order valence-electron chi connectivity index (χ3n) is 2.47. The van der Waals surface area contributed by atoms with E-state index in [1.165, 1.54) is 10.8 Å². The second-order valence-electron chi connectivity index (χ2n) is 3.64. The fourth-order valence-corrected chi connectivity index (χ4v) is 1.56. The number of hydrogen-bond donors (Lipinski definition) is 0. The van der Waals surface area contributed by atoms with Crippen LogP contribution in [0.2, 0.25) is 0 Å². The minimum absolute atomic E-state index is 0.537. The van der Waals surface area contributed by atoms with Crippen molar-refractivity contribution in [2.24, 2.45) is 0 Å². The van der Waals surface area contributed by atoms with E-state index in [9.17, 15) is 0 Å². The van der Waals surface area contributed by atoms with Crippen LogP contribution in [-0.2, 0) is 11.3 Å². The zero-order valence-corrected chi connectivity index (χ0v) is 9.15. The first-order valence-electron chi connectivity index (χ1n) is 5.21. The highest BCUT2D eigenvalue weighted by atomic mass is 16.5. The Balaban J connectivity index is 2.19. The molecule has 2 rings (SSSR count). The lowest BCUT2D eigenvalue weighted by molar-refractivity contribution is 0.213. The molecule has 0 saturated carbocycles. The van der Waals surface area contributed by atoms with Crippen LogP contribution in [0.1, 0.15) is 5.56 Å². The van der Waals surface area contributed by atoms with Crippen molar-refractivity contribution in [3.05, 3.63) is 73.0 Å². The molecule has 0 unspecified atom stereocenters. The Morgan fingerprint density at radius 3 is 2.62 bits per heavy atom. The average molecular weight is 210 g/mol. The molecule has 80 valence electrons. The summed E-state index contributed by atoms with van der Waals surface area (Å²) in [6.07, 6.45) is 1.61. The van der Waals surface area contributed by atoms with Crippen LogP contribution in [-0.4, -0.2) is 0 Å². The van der Waals surface area contributed by atoms with E-state index in [2.05, 4.69) is 43.5 Å². The Hall–Kier alpha value is -2.02. The molecule has 0 saturated heterocycles. The van der Waals surface area contributed by atoms with Crippen molar-refractivity contribution in [1.29, 1.82) is 0 Å². The lowest BCUT2D eigenvalue weighted by Gasteiger charge is -2.06. The summed E-state index contributed by atoms with van der Waals surface area (Å²) >= 11 is 0. The molecule has 1 nitrogen and oxygen atoms in total. The summed E-state index contributed by atoms with van der Waals surface area (Å²) in [7, 11) is 0. The molecule has 0 aliphatic heterocycles. The van der Waals surface area contributed by atoms with Crippen molar-refractivity contribution in [2.45, 2.75) is 6.61 Å². The van der Waals surface area contributed by atoms with Gasteiger partial charge < -0.3 is 4.74 Å². The van der Waals surface area contributed by atoms with Gasteiger partial charge in [-0.25, -0.2) is 0 Å². The van der Waals surface area contributed by atoms with Crippen LogP contribution in [0.15, 0.2) is 67.5 Å². The number of benzene rings is 2. The summed E-state index contributed by atoms with van der Waals surface area (Å²) in [5.41, 5.74) is 1.14. The van der Waals surface area contributed by atoms with Crippen LogP contribution in [0.3, 0.4) is 0 Å². The highest BCUT2D eigenvalue weighted by molar-refractivity contribution is 5.82. The Morgan fingerprint density at radius 1 is 1.12 bits per heavy atom. The quantitative estimate of drug-likeness (QED) is 0.546. The molecule has 0 atom stereocenters. The van der Waals surface area contributed by atoms with Gasteiger partial charge in [-0.3, -0.25) is 0 Å². The van der Waals surface area contributed by atoms with Gasteiger partial charge in [-0.1, -0.05) is 49.6 Å². The first-order chi connectivity index (χ1) is 7.79. The molecular formula is C15H14O. The van der Waals surface area contributed by atoms with Crippen molar-refractivity contribution in [3.63, 3.8) is 0 Å². The number of hydrogen-bond acceptors (Lipinski definition) is 1. The zero-order valence-electron chi connectivity index (χ0n) is 9.15. The van der Waals surface area contributed by atoms with E-state index in [0.29, 0.717) is 12.4 Å². The van der Waals surface area contributed by atoms with Gasteiger partial charge >= 0.3 is 0 Å². The van der Waals surface area contributed by atoms with Gasteiger partial charge in [0.05, 0.1) is 0 Å². The monoisotopic (exact) mass is 210 g/mol.